The minimum atomic E-state index is -3.61. The zero-order chi connectivity index (χ0) is 17.5. The van der Waals surface area contributed by atoms with Crippen molar-refractivity contribution in [2.75, 3.05) is 41.8 Å². The molecule has 2 aliphatic rings. The first-order chi connectivity index (χ1) is 11.3. The maximum atomic E-state index is 14.5. The van der Waals surface area contributed by atoms with E-state index in [0.717, 1.165) is 10.6 Å². The summed E-state index contributed by atoms with van der Waals surface area (Å²) in [6.07, 6.45) is 2.55. The number of carbonyl (C=O) groups excluding carboxylic acids is 1. The van der Waals surface area contributed by atoms with Gasteiger partial charge in [0.05, 0.1) is 36.8 Å². The summed E-state index contributed by atoms with van der Waals surface area (Å²) >= 11 is 0. The van der Waals surface area contributed by atoms with Gasteiger partial charge in [-0.25, -0.2) is 13.4 Å². The van der Waals surface area contributed by atoms with Crippen molar-refractivity contribution in [2.24, 2.45) is 0 Å². The van der Waals surface area contributed by atoms with Crippen molar-refractivity contribution >= 4 is 27.8 Å². The predicted molar refractivity (Wildman–Crippen MR) is 87.7 cm³/mol. The highest BCUT2D eigenvalue weighted by Gasteiger charge is 2.34. The molecule has 132 valence electrons. The second-order valence-electron chi connectivity index (χ2n) is 6.14. The summed E-state index contributed by atoms with van der Waals surface area (Å²) in [5.41, 5.74) is 0.462. The first-order valence-corrected chi connectivity index (χ1v) is 9.69. The average Bonchev–Trinajstić information content (AvgIpc) is 2.53. The van der Waals surface area contributed by atoms with Crippen molar-refractivity contribution in [3.05, 3.63) is 17.1 Å². The van der Waals surface area contributed by atoms with Gasteiger partial charge in [0.1, 0.15) is 5.82 Å². The third-order valence-electron chi connectivity index (χ3n) is 4.43. The lowest BCUT2D eigenvalue weighted by molar-refractivity contribution is 0.0983. The molecule has 1 aromatic rings. The number of fused-ring (bicyclic) bond motifs is 1. The molecule has 2 aliphatic heterocycles. The van der Waals surface area contributed by atoms with Gasteiger partial charge in [0.2, 0.25) is 16.0 Å². The molecule has 0 spiro atoms. The smallest absolute Gasteiger partial charge is 0.232 e. The normalized spacial score (nSPS) is 21.5. The van der Waals surface area contributed by atoms with Crippen molar-refractivity contribution in [2.45, 2.75) is 25.8 Å². The largest absolute Gasteiger partial charge is 0.377 e. The molecule has 0 saturated carbocycles. The molecule has 1 fully saturated rings. The molecule has 24 heavy (non-hydrogen) atoms. The number of nitrogens with zero attached hydrogens (tertiary/aromatic N) is 3. The van der Waals surface area contributed by atoms with Gasteiger partial charge in [-0.2, -0.15) is 4.39 Å². The van der Waals surface area contributed by atoms with E-state index in [2.05, 4.69) is 4.98 Å². The van der Waals surface area contributed by atoms with Crippen LogP contribution in [0.15, 0.2) is 0 Å². The minimum absolute atomic E-state index is 0.00885. The molecule has 0 aliphatic carbocycles. The molecule has 0 unspecified atom stereocenters. The standard InChI is InChI=1S/C15H20FN3O4S/c1-10-9-23-7-6-18(10)15-11-4-3-5-19(24(2,21)22)13(11)12(8-20)14(16)17-15/h8,10H,3-7,9H2,1-2H3/t10-/m1/s1. The first kappa shape index (κ1) is 17.1. The van der Waals surface area contributed by atoms with Gasteiger partial charge in [0.25, 0.3) is 0 Å². The van der Waals surface area contributed by atoms with Crippen LogP contribution < -0.4 is 9.21 Å². The summed E-state index contributed by atoms with van der Waals surface area (Å²) in [6.45, 7) is 3.69. The SMILES string of the molecule is C[C@@H]1COCCN1c1nc(F)c(C=O)c2c1CCCN2S(C)(=O)=O. The molecule has 0 radical (unpaired) electrons. The Bertz CT molecular complexity index is 768. The summed E-state index contributed by atoms with van der Waals surface area (Å²) in [5.74, 6) is -0.523. The van der Waals surface area contributed by atoms with E-state index in [-0.39, 0.29) is 23.8 Å². The van der Waals surface area contributed by atoms with Gasteiger partial charge < -0.3 is 9.64 Å². The highest BCUT2D eigenvalue weighted by atomic mass is 32.2. The summed E-state index contributed by atoms with van der Waals surface area (Å²) in [4.78, 5) is 17.3. The van der Waals surface area contributed by atoms with E-state index in [1.165, 1.54) is 0 Å². The minimum Gasteiger partial charge on any atom is -0.377 e. The number of sulfonamides is 1. The average molecular weight is 357 g/mol. The van der Waals surface area contributed by atoms with E-state index in [1.54, 1.807) is 0 Å². The van der Waals surface area contributed by atoms with Crippen LogP contribution in [0, 0.1) is 5.95 Å². The Morgan fingerprint density at radius 3 is 2.75 bits per heavy atom. The maximum absolute atomic E-state index is 14.5. The van der Waals surface area contributed by atoms with E-state index in [0.29, 0.717) is 50.3 Å². The highest BCUT2D eigenvalue weighted by molar-refractivity contribution is 7.92. The Labute approximate surface area is 140 Å². The summed E-state index contributed by atoms with van der Waals surface area (Å²) < 4.78 is 45.2. The molecular weight excluding hydrogens is 337 g/mol. The van der Waals surface area contributed by atoms with E-state index in [1.807, 2.05) is 11.8 Å². The maximum Gasteiger partial charge on any atom is 0.232 e. The molecular formula is C15H20FN3O4S. The summed E-state index contributed by atoms with van der Waals surface area (Å²) in [7, 11) is -3.61. The van der Waals surface area contributed by atoms with Gasteiger partial charge in [0, 0.05) is 18.7 Å². The van der Waals surface area contributed by atoms with Crippen LogP contribution in [0.5, 0.6) is 0 Å². The molecule has 0 bridgehead atoms. The lowest BCUT2D eigenvalue weighted by Crippen LogP contribution is -2.45. The van der Waals surface area contributed by atoms with Gasteiger partial charge in [-0.1, -0.05) is 0 Å². The Kier molecular flexibility index (Phi) is 4.48. The van der Waals surface area contributed by atoms with Crippen LogP contribution in [-0.4, -0.2) is 58.3 Å². The van der Waals surface area contributed by atoms with Crippen molar-refractivity contribution < 1.29 is 22.3 Å². The van der Waals surface area contributed by atoms with E-state index in [4.69, 9.17) is 4.74 Å². The third-order valence-corrected chi connectivity index (χ3v) is 5.60. The fourth-order valence-corrected chi connectivity index (χ4v) is 4.33. The van der Waals surface area contributed by atoms with Gasteiger partial charge >= 0.3 is 0 Å². The number of carbonyl (C=O) groups is 1. The number of hydrogen-bond acceptors (Lipinski definition) is 6. The fraction of sp³-hybridized carbons (Fsp3) is 0.600. The van der Waals surface area contributed by atoms with Gasteiger partial charge in [-0.3, -0.25) is 9.10 Å². The van der Waals surface area contributed by atoms with Crippen molar-refractivity contribution in [1.29, 1.82) is 0 Å². The monoisotopic (exact) mass is 357 g/mol. The number of rotatable bonds is 3. The molecule has 7 nitrogen and oxygen atoms in total. The Morgan fingerprint density at radius 2 is 2.12 bits per heavy atom. The number of ether oxygens (including phenoxy) is 1. The highest BCUT2D eigenvalue weighted by Crippen LogP contribution is 2.39. The first-order valence-electron chi connectivity index (χ1n) is 7.84. The molecule has 1 atom stereocenters. The molecule has 3 rings (SSSR count). The molecule has 0 aromatic carbocycles. The summed E-state index contributed by atoms with van der Waals surface area (Å²) in [6, 6.07) is -0.00885. The fourth-order valence-electron chi connectivity index (χ4n) is 3.33. The molecule has 1 saturated heterocycles. The third kappa shape index (κ3) is 2.86. The molecule has 3 heterocycles. The molecule has 9 heteroatoms. The zero-order valence-corrected chi connectivity index (χ0v) is 14.5. The van der Waals surface area contributed by atoms with Gasteiger partial charge in [-0.15, -0.1) is 0 Å². The van der Waals surface area contributed by atoms with Crippen molar-refractivity contribution in [3.8, 4) is 0 Å². The van der Waals surface area contributed by atoms with Crippen molar-refractivity contribution in [1.82, 2.24) is 4.98 Å². The quantitative estimate of drug-likeness (QED) is 0.592. The lowest BCUT2D eigenvalue weighted by atomic mass is 10.00. The lowest BCUT2D eigenvalue weighted by Gasteiger charge is -2.38. The summed E-state index contributed by atoms with van der Waals surface area (Å²) in [5, 5.41) is 0. The zero-order valence-electron chi connectivity index (χ0n) is 13.7. The Balaban J connectivity index is 2.23. The number of hydrogen-bond donors (Lipinski definition) is 0. The van der Waals surface area contributed by atoms with Crippen LogP contribution in [0.3, 0.4) is 0 Å². The number of anilines is 2. The van der Waals surface area contributed by atoms with E-state index >= 15 is 0 Å². The topological polar surface area (TPSA) is 79.8 Å². The van der Waals surface area contributed by atoms with Crippen LogP contribution in [-0.2, 0) is 21.2 Å². The van der Waals surface area contributed by atoms with Gasteiger partial charge in [-0.05, 0) is 19.8 Å². The number of pyridine rings is 1. The van der Waals surface area contributed by atoms with Crippen LogP contribution in [0.2, 0.25) is 0 Å². The van der Waals surface area contributed by atoms with Crippen molar-refractivity contribution in [3.63, 3.8) is 0 Å². The predicted octanol–water partition coefficient (Wildman–Crippen LogP) is 0.970. The number of halogens is 1. The van der Waals surface area contributed by atoms with Crippen LogP contribution in [0.4, 0.5) is 15.9 Å². The van der Waals surface area contributed by atoms with E-state index in [9.17, 15) is 17.6 Å². The second-order valence-corrected chi connectivity index (χ2v) is 8.05. The van der Waals surface area contributed by atoms with Crippen LogP contribution in [0.1, 0.15) is 29.3 Å². The number of aromatic nitrogens is 1. The molecule has 0 amide bonds. The Hall–Kier alpha value is -1.74. The second kappa shape index (κ2) is 6.29. The van der Waals surface area contributed by atoms with Crippen LogP contribution in [0.25, 0.3) is 0 Å². The van der Waals surface area contributed by atoms with Gasteiger partial charge in [0.15, 0.2) is 6.29 Å². The molecule has 1 aromatic heterocycles. The number of morpholine rings is 1. The van der Waals surface area contributed by atoms with Crippen LogP contribution >= 0.6 is 0 Å². The Morgan fingerprint density at radius 1 is 1.38 bits per heavy atom. The van der Waals surface area contributed by atoms with E-state index < -0.39 is 16.0 Å². The molecule has 0 N–H and O–H groups in total. The number of aldehydes is 1.